The molecule has 0 amide bonds. The maximum Gasteiger partial charge on any atom is 0.254 e. The highest BCUT2D eigenvalue weighted by Gasteiger charge is 2.11. The normalized spacial score (nSPS) is 12.4. The van der Waals surface area contributed by atoms with E-state index in [0.717, 1.165) is 11.5 Å². The van der Waals surface area contributed by atoms with E-state index in [1.165, 1.54) is 96.2 Å². The second-order valence-electron chi connectivity index (χ2n) is 7.43. The number of hydrogen-bond acceptors (Lipinski definition) is 4. The number of ether oxygens (including phenoxy) is 1. The van der Waals surface area contributed by atoms with E-state index in [-0.39, 0.29) is 12.6 Å². The molecule has 1 aromatic rings. The SMILES string of the molecule is CCCCCCCCCCCCCCCCSCC(C[N])Oc1ccon1. The van der Waals surface area contributed by atoms with E-state index in [1.54, 1.807) is 6.07 Å². The summed E-state index contributed by atoms with van der Waals surface area (Å²) in [6, 6.07) is 1.67. The van der Waals surface area contributed by atoms with Crippen molar-refractivity contribution in [3.63, 3.8) is 0 Å². The third-order valence-electron chi connectivity index (χ3n) is 4.85. The molecule has 1 heterocycles. The summed E-state index contributed by atoms with van der Waals surface area (Å²) >= 11 is 1.85. The van der Waals surface area contributed by atoms with Gasteiger partial charge < -0.3 is 9.26 Å². The van der Waals surface area contributed by atoms with Gasteiger partial charge in [-0.05, 0) is 17.3 Å². The predicted octanol–water partition coefficient (Wildman–Crippen LogP) is 6.71. The quantitative estimate of drug-likeness (QED) is 0.230. The van der Waals surface area contributed by atoms with Crippen molar-refractivity contribution >= 4 is 11.8 Å². The monoisotopic (exact) mass is 396 g/mol. The Hall–Kier alpha value is -0.680. The Morgan fingerprint density at radius 1 is 0.926 bits per heavy atom. The molecule has 0 aliphatic carbocycles. The summed E-state index contributed by atoms with van der Waals surface area (Å²) in [4.78, 5) is 0. The lowest BCUT2D eigenvalue weighted by atomic mass is 10.0. The number of hydrogen-bond donors (Lipinski definition) is 0. The van der Waals surface area contributed by atoms with Crippen LogP contribution >= 0.6 is 11.8 Å². The maximum absolute atomic E-state index is 9.35. The largest absolute Gasteiger partial charge is 0.470 e. The molecule has 0 N–H and O–H groups in total. The fraction of sp³-hybridized carbons (Fsp3) is 0.864. The second-order valence-corrected chi connectivity index (χ2v) is 8.58. The molecule has 5 heteroatoms. The zero-order valence-corrected chi connectivity index (χ0v) is 18.2. The maximum atomic E-state index is 9.35. The van der Waals surface area contributed by atoms with Gasteiger partial charge in [-0.25, -0.2) is 0 Å². The van der Waals surface area contributed by atoms with Gasteiger partial charge in [-0.3, -0.25) is 0 Å². The summed E-state index contributed by atoms with van der Waals surface area (Å²) < 4.78 is 10.3. The van der Waals surface area contributed by atoms with Crippen LogP contribution in [-0.4, -0.2) is 29.3 Å². The van der Waals surface area contributed by atoms with E-state index in [9.17, 15) is 5.73 Å². The molecular weight excluding hydrogens is 356 g/mol. The molecular formula is C22H40N2O2S. The summed E-state index contributed by atoms with van der Waals surface area (Å²) in [5.74, 6) is 2.38. The average Bonchev–Trinajstić information content (AvgIpc) is 3.19. The lowest BCUT2D eigenvalue weighted by Crippen LogP contribution is -2.25. The average molecular weight is 397 g/mol. The Balaban J connectivity index is 1.77. The standard InChI is InChI=1S/C22H40N2O2S/c1-2-3-4-5-6-7-8-9-10-11-12-13-14-15-18-27-20-21(19-23)26-22-16-17-25-24-22/h16-17,21H,2-15,18-20H2,1H3. The molecule has 0 bridgehead atoms. The molecule has 1 aromatic heterocycles. The lowest BCUT2D eigenvalue weighted by molar-refractivity contribution is 0.210. The molecule has 4 nitrogen and oxygen atoms in total. The highest BCUT2D eigenvalue weighted by atomic mass is 32.2. The van der Waals surface area contributed by atoms with Crippen molar-refractivity contribution in [1.29, 1.82) is 0 Å². The minimum atomic E-state index is -0.202. The van der Waals surface area contributed by atoms with E-state index in [1.807, 2.05) is 11.8 Å². The van der Waals surface area contributed by atoms with Crippen LogP contribution in [0, 0.1) is 0 Å². The van der Waals surface area contributed by atoms with Crippen LogP contribution in [0.4, 0.5) is 0 Å². The van der Waals surface area contributed by atoms with E-state index in [0.29, 0.717) is 5.88 Å². The molecule has 0 saturated carbocycles. The first-order valence-electron chi connectivity index (χ1n) is 11.1. The first-order valence-corrected chi connectivity index (χ1v) is 12.3. The second kappa shape index (κ2) is 18.7. The highest BCUT2D eigenvalue weighted by molar-refractivity contribution is 7.99. The topological polar surface area (TPSA) is 57.6 Å². The van der Waals surface area contributed by atoms with Crippen molar-refractivity contribution in [3.05, 3.63) is 12.3 Å². The van der Waals surface area contributed by atoms with E-state index in [4.69, 9.17) is 9.26 Å². The first-order chi connectivity index (χ1) is 13.4. The third kappa shape index (κ3) is 15.0. The van der Waals surface area contributed by atoms with Crippen LogP contribution in [0.2, 0.25) is 0 Å². The Labute approximate surface area is 171 Å². The van der Waals surface area contributed by atoms with E-state index < -0.39 is 0 Å². The number of unbranched alkanes of at least 4 members (excludes halogenated alkanes) is 13. The van der Waals surface area contributed by atoms with Crippen molar-refractivity contribution in [2.75, 3.05) is 18.1 Å². The van der Waals surface area contributed by atoms with Crippen molar-refractivity contribution in [1.82, 2.24) is 10.9 Å². The Morgan fingerprint density at radius 3 is 1.96 bits per heavy atom. The third-order valence-corrected chi connectivity index (χ3v) is 6.04. The predicted molar refractivity (Wildman–Crippen MR) is 116 cm³/mol. The molecule has 1 unspecified atom stereocenters. The van der Waals surface area contributed by atoms with Crippen LogP contribution in [0.25, 0.3) is 0 Å². The molecule has 0 aromatic carbocycles. The van der Waals surface area contributed by atoms with Crippen molar-refractivity contribution in [2.24, 2.45) is 0 Å². The lowest BCUT2D eigenvalue weighted by Gasteiger charge is -2.13. The minimum absolute atomic E-state index is 0.0125. The zero-order chi connectivity index (χ0) is 19.4. The molecule has 0 saturated heterocycles. The van der Waals surface area contributed by atoms with Gasteiger partial charge in [0, 0.05) is 11.8 Å². The summed E-state index contributed by atoms with van der Waals surface area (Å²) in [7, 11) is 0. The fourth-order valence-electron chi connectivity index (χ4n) is 3.17. The number of aromatic nitrogens is 1. The van der Waals surface area contributed by atoms with Crippen molar-refractivity contribution in [2.45, 2.75) is 103 Å². The van der Waals surface area contributed by atoms with Crippen LogP contribution in [0.3, 0.4) is 0 Å². The van der Waals surface area contributed by atoms with Gasteiger partial charge in [0.2, 0.25) is 0 Å². The van der Waals surface area contributed by atoms with Crippen molar-refractivity contribution < 1.29 is 9.26 Å². The molecule has 2 radical (unpaired) electrons. The molecule has 0 fully saturated rings. The first kappa shape index (κ1) is 24.4. The van der Waals surface area contributed by atoms with Gasteiger partial charge in [-0.15, -0.1) is 5.73 Å². The zero-order valence-electron chi connectivity index (χ0n) is 17.4. The molecule has 0 aliphatic heterocycles. The Bertz CT molecular complexity index is 401. The summed E-state index contributed by atoms with van der Waals surface area (Å²) in [6.07, 6.45) is 20.8. The van der Waals surface area contributed by atoms with Crippen LogP contribution in [0.5, 0.6) is 5.88 Å². The number of nitrogens with zero attached hydrogens (tertiary/aromatic N) is 2. The van der Waals surface area contributed by atoms with E-state index in [2.05, 4.69) is 12.1 Å². The van der Waals surface area contributed by atoms with Gasteiger partial charge in [0.1, 0.15) is 12.4 Å². The Kier molecular flexibility index (Phi) is 16.8. The van der Waals surface area contributed by atoms with Gasteiger partial charge in [0.15, 0.2) is 0 Å². The summed E-state index contributed by atoms with van der Waals surface area (Å²) in [5.41, 5.74) is 9.35. The smallest absolute Gasteiger partial charge is 0.254 e. The number of thioether (sulfide) groups is 1. The molecule has 156 valence electrons. The van der Waals surface area contributed by atoms with Gasteiger partial charge in [0.25, 0.3) is 5.88 Å². The molecule has 27 heavy (non-hydrogen) atoms. The number of rotatable bonds is 20. The minimum Gasteiger partial charge on any atom is -0.470 e. The van der Waals surface area contributed by atoms with Crippen LogP contribution in [0.1, 0.15) is 96.8 Å². The fourth-order valence-corrected chi connectivity index (χ4v) is 4.18. The van der Waals surface area contributed by atoms with Gasteiger partial charge in [-0.2, -0.15) is 11.8 Å². The highest BCUT2D eigenvalue weighted by Crippen LogP contribution is 2.15. The van der Waals surface area contributed by atoms with Crippen LogP contribution < -0.4 is 10.5 Å². The molecule has 1 atom stereocenters. The van der Waals surface area contributed by atoms with Crippen LogP contribution in [-0.2, 0) is 0 Å². The summed E-state index contributed by atoms with van der Waals surface area (Å²) in [6.45, 7) is 2.29. The van der Waals surface area contributed by atoms with Crippen molar-refractivity contribution in [3.8, 4) is 5.88 Å². The molecule has 0 spiro atoms. The van der Waals surface area contributed by atoms with Gasteiger partial charge in [0.05, 0.1) is 6.54 Å². The summed E-state index contributed by atoms with van der Waals surface area (Å²) in [5, 5.41) is 3.71. The van der Waals surface area contributed by atoms with Gasteiger partial charge in [-0.1, -0.05) is 90.4 Å². The Morgan fingerprint density at radius 2 is 1.48 bits per heavy atom. The molecule has 1 rings (SSSR count). The van der Waals surface area contributed by atoms with Gasteiger partial charge >= 0.3 is 0 Å². The van der Waals surface area contributed by atoms with Crippen LogP contribution in [0.15, 0.2) is 16.9 Å². The molecule has 0 aliphatic rings. The van der Waals surface area contributed by atoms with E-state index >= 15 is 0 Å².